The van der Waals surface area contributed by atoms with Crippen molar-refractivity contribution in [3.05, 3.63) is 65.7 Å². The molecule has 1 aromatic heterocycles. The lowest BCUT2D eigenvalue weighted by Gasteiger charge is -2.00. The number of nitrogens with zero attached hydrogens (tertiary/aromatic N) is 1. The fourth-order valence-electron chi connectivity index (χ4n) is 2.20. The van der Waals surface area contributed by atoms with Crippen molar-refractivity contribution < 1.29 is 9.32 Å². The molecule has 3 rings (SSSR count). The molecule has 1 amide bonds. The molecule has 0 unspecified atom stereocenters. The number of carbonyl (C=O) groups is 1. The number of hydrogen-bond donors (Lipinski definition) is 1. The Labute approximate surface area is 128 Å². The molecule has 2 aromatic carbocycles. The zero-order chi connectivity index (χ0) is 15.5. The molecular weight excluding hydrogens is 276 g/mol. The van der Waals surface area contributed by atoms with E-state index in [1.54, 1.807) is 19.2 Å². The molecule has 1 N–H and O–H groups in total. The molecule has 0 spiro atoms. The first kappa shape index (κ1) is 14.1. The summed E-state index contributed by atoms with van der Waals surface area (Å²) in [6.07, 6.45) is 0. The van der Waals surface area contributed by atoms with Crippen LogP contribution in [0.4, 0.5) is 0 Å². The van der Waals surface area contributed by atoms with E-state index in [9.17, 15) is 4.79 Å². The summed E-state index contributed by atoms with van der Waals surface area (Å²) in [5, 5.41) is 6.70. The fourth-order valence-corrected chi connectivity index (χ4v) is 2.20. The lowest BCUT2D eigenvalue weighted by atomic mass is 10.1. The van der Waals surface area contributed by atoms with Crippen LogP contribution in [0.2, 0.25) is 0 Å². The Morgan fingerprint density at radius 1 is 1.00 bits per heavy atom. The smallest absolute Gasteiger partial charge is 0.251 e. The van der Waals surface area contributed by atoms with Gasteiger partial charge >= 0.3 is 0 Å². The Kier molecular flexibility index (Phi) is 3.74. The predicted molar refractivity (Wildman–Crippen MR) is 85.5 cm³/mol. The van der Waals surface area contributed by atoms with Crippen LogP contribution < -0.4 is 5.32 Å². The van der Waals surface area contributed by atoms with E-state index in [4.69, 9.17) is 4.52 Å². The van der Waals surface area contributed by atoms with Gasteiger partial charge in [0.25, 0.3) is 5.91 Å². The second-order valence-corrected chi connectivity index (χ2v) is 5.10. The molecule has 0 saturated carbocycles. The molecule has 3 aromatic rings. The summed E-state index contributed by atoms with van der Waals surface area (Å²) in [5.74, 6) is 0.623. The average Bonchev–Trinajstić information content (AvgIpc) is 3.05. The third-order valence-electron chi connectivity index (χ3n) is 3.52. The average molecular weight is 292 g/mol. The van der Waals surface area contributed by atoms with Crippen LogP contribution in [0.5, 0.6) is 0 Å². The lowest BCUT2D eigenvalue weighted by molar-refractivity contribution is 0.0963. The molecule has 0 aliphatic rings. The monoisotopic (exact) mass is 292 g/mol. The Morgan fingerprint density at radius 3 is 2.27 bits per heavy atom. The van der Waals surface area contributed by atoms with Crippen LogP contribution in [0.25, 0.3) is 22.6 Å². The van der Waals surface area contributed by atoms with E-state index >= 15 is 0 Å². The first-order valence-corrected chi connectivity index (χ1v) is 7.03. The van der Waals surface area contributed by atoms with Gasteiger partial charge in [-0.1, -0.05) is 47.1 Å². The van der Waals surface area contributed by atoms with Gasteiger partial charge in [-0.25, -0.2) is 0 Å². The minimum Gasteiger partial charge on any atom is -0.356 e. The molecule has 22 heavy (non-hydrogen) atoms. The van der Waals surface area contributed by atoms with Crippen LogP contribution in [0, 0.1) is 6.92 Å². The maximum atomic E-state index is 11.5. The maximum Gasteiger partial charge on any atom is 0.251 e. The standard InChI is InChI=1S/C18H16N2O2/c1-12-3-5-14(6-4-12)17-11-16(20-22-17)13-7-9-15(10-8-13)18(21)19-2/h3-11H,1-2H3,(H,19,21). The largest absolute Gasteiger partial charge is 0.356 e. The van der Waals surface area contributed by atoms with Crippen molar-refractivity contribution in [2.45, 2.75) is 6.92 Å². The van der Waals surface area contributed by atoms with Gasteiger partial charge in [0.1, 0.15) is 5.69 Å². The first-order valence-electron chi connectivity index (χ1n) is 7.03. The number of carbonyl (C=O) groups excluding carboxylic acids is 1. The van der Waals surface area contributed by atoms with Crippen molar-refractivity contribution in [3.63, 3.8) is 0 Å². The number of rotatable bonds is 3. The SMILES string of the molecule is CNC(=O)c1ccc(-c2cc(-c3ccc(C)cc3)on2)cc1. The zero-order valence-corrected chi connectivity index (χ0v) is 12.5. The van der Waals surface area contributed by atoms with Crippen LogP contribution in [0.1, 0.15) is 15.9 Å². The predicted octanol–water partition coefficient (Wildman–Crippen LogP) is 3.68. The van der Waals surface area contributed by atoms with E-state index in [0.717, 1.165) is 22.6 Å². The summed E-state index contributed by atoms with van der Waals surface area (Å²) < 4.78 is 5.41. The summed E-state index contributed by atoms with van der Waals surface area (Å²) in [7, 11) is 1.61. The van der Waals surface area contributed by atoms with Gasteiger partial charge in [-0.05, 0) is 19.1 Å². The third kappa shape index (κ3) is 2.76. The normalized spacial score (nSPS) is 10.5. The van der Waals surface area contributed by atoms with Crippen molar-refractivity contribution in [1.29, 1.82) is 0 Å². The summed E-state index contributed by atoms with van der Waals surface area (Å²) in [6.45, 7) is 2.05. The fraction of sp³-hybridized carbons (Fsp3) is 0.111. The van der Waals surface area contributed by atoms with Gasteiger partial charge in [0.15, 0.2) is 5.76 Å². The van der Waals surface area contributed by atoms with Crippen molar-refractivity contribution in [2.75, 3.05) is 7.05 Å². The zero-order valence-electron chi connectivity index (χ0n) is 12.5. The molecule has 0 atom stereocenters. The summed E-state index contributed by atoms with van der Waals surface area (Å²) in [4.78, 5) is 11.5. The van der Waals surface area contributed by atoms with Crippen molar-refractivity contribution in [3.8, 4) is 22.6 Å². The van der Waals surface area contributed by atoms with Gasteiger partial charge < -0.3 is 9.84 Å². The van der Waals surface area contributed by atoms with Crippen LogP contribution in [-0.4, -0.2) is 18.1 Å². The summed E-state index contributed by atoms with van der Waals surface area (Å²) in [5.41, 5.74) is 4.47. The van der Waals surface area contributed by atoms with Gasteiger partial charge in [0.05, 0.1) is 0 Å². The lowest BCUT2D eigenvalue weighted by Crippen LogP contribution is -2.17. The van der Waals surface area contributed by atoms with Gasteiger partial charge in [-0.2, -0.15) is 0 Å². The highest BCUT2D eigenvalue weighted by Gasteiger charge is 2.09. The van der Waals surface area contributed by atoms with Gasteiger partial charge in [0.2, 0.25) is 0 Å². The quantitative estimate of drug-likeness (QED) is 0.801. The Balaban J connectivity index is 1.87. The van der Waals surface area contributed by atoms with Crippen LogP contribution >= 0.6 is 0 Å². The van der Waals surface area contributed by atoms with E-state index in [0.29, 0.717) is 5.56 Å². The van der Waals surface area contributed by atoms with Crippen molar-refractivity contribution in [2.24, 2.45) is 0 Å². The number of benzene rings is 2. The van der Waals surface area contributed by atoms with Crippen LogP contribution in [0.3, 0.4) is 0 Å². The summed E-state index contributed by atoms with van der Waals surface area (Å²) >= 11 is 0. The van der Waals surface area contributed by atoms with Crippen LogP contribution in [0.15, 0.2) is 59.1 Å². The van der Waals surface area contributed by atoms with Gasteiger partial charge in [-0.15, -0.1) is 0 Å². The first-order chi connectivity index (χ1) is 10.7. The molecule has 0 bridgehead atoms. The highest BCUT2D eigenvalue weighted by molar-refractivity contribution is 5.94. The number of hydrogen-bond acceptors (Lipinski definition) is 3. The Bertz CT molecular complexity index is 787. The van der Waals surface area contributed by atoms with E-state index in [-0.39, 0.29) is 5.91 Å². The minimum absolute atomic E-state index is 0.105. The highest BCUT2D eigenvalue weighted by atomic mass is 16.5. The topological polar surface area (TPSA) is 55.1 Å². The molecule has 4 nitrogen and oxygen atoms in total. The van der Waals surface area contributed by atoms with E-state index in [1.165, 1.54) is 5.56 Å². The molecule has 4 heteroatoms. The second-order valence-electron chi connectivity index (χ2n) is 5.10. The minimum atomic E-state index is -0.105. The number of aryl methyl sites for hydroxylation is 1. The van der Waals surface area contributed by atoms with Crippen molar-refractivity contribution >= 4 is 5.91 Å². The third-order valence-corrected chi connectivity index (χ3v) is 3.52. The molecule has 110 valence electrons. The van der Waals surface area contributed by atoms with E-state index < -0.39 is 0 Å². The second kappa shape index (κ2) is 5.85. The summed E-state index contributed by atoms with van der Waals surface area (Å²) in [6, 6.07) is 17.3. The molecular formula is C18H16N2O2. The Hall–Kier alpha value is -2.88. The number of amides is 1. The van der Waals surface area contributed by atoms with E-state index in [1.807, 2.05) is 49.4 Å². The molecule has 0 radical (unpaired) electrons. The molecule has 0 aliphatic heterocycles. The maximum absolute atomic E-state index is 11.5. The van der Waals surface area contributed by atoms with Gasteiger partial charge in [-0.3, -0.25) is 4.79 Å². The number of nitrogens with one attached hydrogen (secondary N) is 1. The molecule has 1 heterocycles. The van der Waals surface area contributed by atoms with Crippen molar-refractivity contribution in [1.82, 2.24) is 10.5 Å². The Morgan fingerprint density at radius 2 is 1.64 bits per heavy atom. The highest BCUT2D eigenvalue weighted by Crippen LogP contribution is 2.26. The number of aromatic nitrogens is 1. The molecule has 0 saturated heterocycles. The van der Waals surface area contributed by atoms with Gasteiger partial charge in [0, 0.05) is 29.8 Å². The molecule has 0 aliphatic carbocycles. The molecule has 0 fully saturated rings. The van der Waals surface area contributed by atoms with E-state index in [2.05, 4.69) is 10.5 Å². The van der Waals surface area contributed by atoms with Crippen LogP contribution in [-0.2, 0) is 0 Å².